The Morgan fingerprint density at radius 1 is 1.55 bits per heavy atom. The van der Waals surface area contributed by atoms with Crippen LogP contribution in [0.25, 0.3) is 0 Å². The molecule has 22 heavy (non-hydrogen) atoms. The van der Waals surface area contributed by atoms with Crippen LogP contribution in [0.4, 0.5) is 0 Å². The summed E-state index contributed by atoms with van der Waals surface area (Å²) in [6.45, 7) is 4.37. The minimum Gasteiger partial charge on any atom is -0.478 e. The molecule has 1 aromatic carbocycles. The van der Waals surface area contributed by atoms with Crippen LogP contribution in [0.2, 0.25) is 5.02 Å². The highest BCUT2D eigenvalue weighted by atomic mass is 35.5. The maximum absolute atomic E-state index is 11.5. The summed E-state index contributed by atoms with van der Waals surface area (Å²) >= 11 is 6.06. The van der Waals surface area contributed by atoms with E-state index in [1.165, 1.54) is 7.11 Å². The van der Waals surface area contributed by atoms with Gasteiger partial charge in [0.15, 0.2) is 6.10 Å². The second-order valence-corrected chi connectivity index (χ2v) is 5.08. The first-order valence-electron chi connectivity index (χ1n) is 6.92. The molecular weight excluding hydrogens is 310 g/mol. The first-order chi connectivity index (χ1) is 10.6. The Labute approximate surface area is 133 Å². The van der Waals surface area contributed by atoms with E-state index in [1.807, 2.05) is 6.92 Å². The molecule has 1 aliphatic rings. The zero-order valence-corrected chi connectivity index (χ0v) is 13.4. The third kappa shape index (κ3) is 3.69. The van der Waals surface area contributed by atoms with Crippen molar-refractivity contribution in [1.29, 1.82) is 0 Å². The number of carbonyl (C=O) groups is 1. The predicted octanol–water partition coefficient (Wildman–Crippen LogP) is 2.42. The maximum Gasteiger partial charge on any atom is 0.346 e. The second-order valence-electron chi connectivity index (χ2n) is 4.64. The molecule has 1 aliphatic heterocycles. The number of rotatable bonds is 6. The predicted molar refractivity (Wildman–Crippen MR) is 81.5 cm³/mol. The normalized spacial score (nSPS) is 18.4. The van der Waals surface area contributed by atoms with Crippen LogP contribution in [0.1, 0.15) is 19.4 Å². The van der Waals surface area contributed by atoms with Gasteiger partial charge >= 0.3 is 5.97 Å². The Balaban J connectivity index is 2.30. The van der Waals surface area contributed by atoms with Gasteiger partial charge in [0.2, 0.25) is 0 Å². The molecule has 1 heterocycles. The molecular formula is C15H18ClNO5. The Bertz CT molecular complexity index is 575. The Morgan fingerprint density at radius 3 is 3.00 bits per heavy atom. The van der Waals surface area contributed by atoms with Crippen molar-refractivity contribution in [3.63, 3.8) is 0 Å². The van der Waals surface area contributed by atoms with Crippen molar-refractivity contribution in [2.24, 2.45) is 5.16 Å². The summed E-state index contributed by atoms with van der Waals surface area (Å²) in [5, 5.41) is 4.54. The van der Waals surface area contributed by atoms with Gasteiger partial charge in [0.25, 0.3) is 0 Å². The van der Waals surface area contributed by atoms with E-state index in [9.17, 15) is 4.79 Å². The molecule has 0 saturated heterocycles. The highest BCUT2D eigenvalue weighted by Crippen LogP contribution is 2.28. The van der Waals surface area contributed by atoms with Gasteiger partial charge in [-0.05, 0) is 32.0 Å². The van der Waals surface area contributed by atoms with Crippen molar-refractivity contribution in [3.05, 3.63) is 28.8 Å². The Kier molecular flexibility index (Phi) is 5.63. The van der Waals surface area contributed by atoms with E-state index >= 15 is 0 Å². The molecule has 6 nitrogen and oxygen atoms in total. The van der Waals surface area contributed by atoms with Crippen LogP contribution in [0.5, 0.6) is 5.75 Å². The monoisotopic (exact) mass is 327 g/mol. The fourth-order valence-corrected chi connectivity index (χ4v) is 2.24. The van der Waals surface area contributed by atoms with Gasteiger partial charge in [-0.25, -0.2) is 4.79 Å². The number of methoxy groups -OCH3 is 1. The summed E-state index contributed by atoms with van der Waals surface area (Å²) in [6, 6.07) is 5.07. The topological polar surface area (TPSA) is 66.3 Å². The minimum atomic E-state index is -0.751. The lowest BCUT2D eigenvalue weighted by molar-refractivity contribution is -0.147. The lowest BCUT2D eigenvalue weighted by Crippen LogP contribution is -2.28. The molecule has 0 saturated carbocycles. The number of oxime groups is 1. The zero-order chi connectivity index (χ0) is 16.1. The molecule has 1 unspecified atom stereocenters. The van der Waals surface area contributed by atoms with Crippen LogP contribution in [0, 0.1) is 0 Å². The van der Waals surface area contributed by atoms with Crippen molar-refractivity contribution in [2.75, 3.05) is 20.3 Å². The average Bonchev–Trinajstić information content (AvgIpc) is 2.96. The molecule has 0 fully saturated rings. The van der Waals surface area contributed by atoms with Crippen molar-refractivity contribution >= 4 is 23.3 Å². The number of esters is 1. The first kappa shape index (κ1) is 16.6. The molecule has 0 N–H and O–H groups in total. The van der Waals surface area contributed by atoms with E-state index in [0.717, 1.165) is 0 Å². The molecule has 0 spiro atoms. The van der Waals surface area contributed by atoms with Crippen LogP contribution < -0.4 is 4.74 Å². The number of nitrogens with zero attached hydrogens (tertiary/aromatic N) is 1. The smallest absolute Gasteiger partial charge is 0.346 e. The van der Waals surface area contributed by atoms with E-state index in [1.54, 1.807) is 25.1 Å². The van der Waals surface area contributed by atoms with E-state index in [-0.39, 0.29) is 6.10 Å². The molecule has 7 heteroatoms. The van der Waals surface area contributed by atoms with Crippen molar-refractivity contribution in [2.45, 2.75) is 26.1 Å². The number of benzene rings is 1. The Hall–Kier alpha value is -1.79. The van der Waals surface area contributed by atoms with Crippen molar-refractivity contribution in [3.8, 4) is 5.75 Å². The Morgan fingerprint density at radius 2 is 2.32 bits per heavy atom. The molecule has 2 atom stereocenters. The summed E-state index contributed by atoms with van der Waals surface area (Å²) < 4.78 is 15.9. The third-order valence-electron chi connectivity index (χ3n) is 3.12. The average molecular weight is 328 g/mol. The van der Waals surface area contributed by atoms with Crippen LogP contribution in [0.3, 0.4) is 0 Å². The summed E-state index contributed by atoms with van der Waals surface area (Å²) in [4.78, 5) is 16.6. The number of ether oxygens (including phenoxy) is 3. The van der Waals surface area contributed by atoms with E-state index in [4.69, 9.17) is 25.9 Å². The number of carbonyl (C=O) groups excluding carboxylic acids is 1. The van der Waals surface area contributed by atoms with Gasteiger partial charge in [0, 0.05) is 17.2 Å². The summed E-state index contributed by atoms with van der Waals surface area (Å²) in [5.74, 6) is 0.00289. The van der Waals surface area contributed by atoms with Crippen LogP contribution in [-0.2, 0) is 19.1 Å². The van der Waals surface area contributed by atoms with Gasteiger partial charge < -0.3 is 19.0 Å². The van der Waals surface area contributed by atoms with E-state index < -0.39 is 12.1 Å². The molecule has 2 rings (SSSR count). The number of hydrogen-bond donors (Lipinski definition) is 0. The van der Waals surface area contributed by atoms with Gasteiger partial charge in [-0.3, -0.25) is 0 Å². The van der Waals surface area contributed by atoms with Gasteiger partial charge in [-0.1, -0.05) is 16.8 Å². The van der Waals surface area contributed by atoms with E-state index in [0.29, 0.717) is 35.3 Å². The molecule has 0 aromatic heterocycles. The van der Waals surface area contributed by atoms with E-state index in [2.05, 4.69) is 9.89 Å². The maximum atomic E-state index is 11.5. The first-order valence-corrected chi connectivity index (χ1v) is 7.30. The molecule has 0 radical (unpaired) electrons. The zero-order valence-electron chi connectivity index (χ0n) is 12.7. The SMILES string of the molecule is CCOC1CON=C1c1cc(Cl)ccc1O[C@@H](C)C(=O)OC. The lowest BCUT2D eigenvalue weighted by atomic mass is 10.0. The standard InChI is InChI=1S/C15H18ClNO5/c1-4-20-13-8-21-17-14(13)11-7-10(16)5-6-12(11)22-9(2)15(18)19-3/h5-7,9,13H,4,8H2,1-3H3/t9-,13?/m0/s1. The molecule has 120 valence electrons. The minimum absolute atomic E-state index is 0.292. The van der Waals surface area contributed by atoms with Gasteiger partial charge in [0.1, 0.15) is 24.2 Å². The van der Waals surface area contributed by atoms with Gasteiger partial charge in [-0.2, -0.15) is 0 Å². The van der Waals surface area contributed by atoms with Crippen LogP contribution in [-0.4, -0.2) is 44.2 Å². The summed E-state index contributed by atoms with van der Waals surface area (Å²) in [6.07, 6.45) is -1.04. The fraction of sp³-hybridized carbons (Fsp3) is 0.467. The molecule has 0 aliphatic carbocycles. The molecule has 0 amide bonds. The van der Waals surface area contributed by atoms with Crippen molar-refractivity contribution in [1.82, 2.24) is 0 Å². The summed E-state index contributed by atoms with van der Waals surface area (Å²) in [7, 11) is 1.31. The fourth-order valence-electron chi connectivity index (χ4n) is 2.07. The van der Waals surface area contributed by atoms with Gasteiger partial charge in [0.05, 0.1) is 7.11 Å². The van der Waals surface area contributed by atoms with Crippen LogP contribution >= 0.6 is 11.6 Å². The highest BCUT2D eigenvalue weighted by Gasteiger charge is 2.29. The molecule has 0 bridgehead atoms. The summed E-state index contributed by atoms with van der Waals surface area (Å²) in [5.41, 5.74) is 1.23. The number of hydrogen-bond acceptors (Lipinski definition) is 6. The third-order valence-corrected chi connectivity index (χ3v) is 3.35. The molecule has 1 aromatic rings. The lowest BCUT2D eigenvalue weighted by Gasteiger charge is -2.17. The quantitative estimate of drug-likeness (QED) is 0.751. The largest absolute Gasteiger partial charge is 0.478 e. The van der Waals surface area contributed by atoms with Crippen molar-refractivity contribution < 1.29 is 23.8 Å². The highest BCUT2D eigenvalue weighted by molar-refractivity contribution is 6.31. The number of halogens is 1. The van der Waals surface area contributed by atoms with Crippen LogP contribution in [0.15, 0.2) is 23.4 Å². The van der Waals surface area contributed by atoms with Gasteiger partial charge in [-0.15, -0.1) is 0 Å². The second kappa shape index (κ2) is 7.47.